The largest absolute Gasteiger partial charge is 0.459 e. The van der Waals surface area contributed by atoms with Crippen molar-refractivity contribution in [2.45, 2.75) is 76.7 Å². The van der Waals surface area contributed by atoms with Gasteiger partial charge in [-0.2, -0.15) is 0 Å². The quantitative estimate of drug-likeness (QED) is 0.178. The first-order valence-electron chi connectivity index (χ1n) is 11.9. The summed E-state index contributed by atoms with van der Waals surface area (Å²) < 4.78 is 11.0. The minimum absolute atomic E-state index is 0.00812. The number of unbranched alkanes of at least 4 members (excludes halogenated alkanes) is 3. The molecule has 4 heteroatoms. The van der Waals surface area contributed by atoms with Gasteiger partial charge in [0.15, 0.2) is 0 Å². The molecule has 0 amide bonds. The highest BCUT2D eigenvalue weighted by Crippen LogP contribution is 2.33. The number of esters is 2. The summed E-state index contributed by atoms with van der Waals surface area (Å²) in [4.78, 5) is 24.1. The normalized spacial score (nSPS) is 18.4. The van der Waals surface area contributed by atoms with Crippen LogP contribution in [0.1, 0.15) is 81.8 Å². The molecule has 32 heavy (non-hydrogen) atoms. The van der Waals surface area contributed by atoms with E-state index in [2.05, 4.69) is 31.2 Å². The summed E-state index contributed by atoms with van der Waals surface area (Å²) in [5.41, 5.74) is 2.24. The van der Waals surface area contributed by atoms with Gasteiger partial charge < -0.3 is 9.47 Å². The molecular weight excluding hydrogens is 400 g/mol. The average Bonchev–Trinajstić information content (AvgIpc) is 2.82. The molecule has 1 aliphatic carbocycles. The molecule has 1 fully saturated rings. The number of hydrogen-bond acceptors (Lipinski definition) is 4. The molecular formula is C28H34O4. The highest BCUT2D eigenvalue weighted by Gasteiger charge is 2.24. The van der Waals surface area contributed by atoms with Crippen LogP contribution in [0.4, 0.5) is 0 Å². The molecule has 0 unspecified atom stereocenters. The fourth-order valence-electron chi connectivity index (χ4n) is 4.13. The molecule has 0 heterocycles. The Labute approximate surface area is 191 Å². The van der Waals surface area contributed by atoms with Crippen molar-refractivity contribution in [2.24, 2.45) is 0 Å². The Kier molecular flexibility index (Phi) is 9.55. The van der Waals surface area contributed by atoms with Gasteiger partial charge in [0.25, 0.3) is 0 Å². The second-order valence-corrected chi connectivity index (χ2v) is 8.51. The number of carbonyl (C=O) groups is 2. The van der Waals surface area contributed by atoms with Crippen LogP contribution in [-0.2, 0) is 14.3 Å². The van der Waals surface area contributed by atoms with Crippen molar-refractivity contribution in [3.63, 3.8) is 0 Å². The third-order valence-corrected chi connectivity index (χ3v) is 5.99. The maximum atomic E-state index is 12.2. The zero-order valence-electron chi connectivity index (χ0n) is 19.0. The molecule has 0 saturated heterocycles. The first kappa shape index (κ1) is 23.8. The minimum atomic E-state index is -0.309. The zero-order valence-corrected chi connectivity index (χ0v) is 19.0. The molecule has 3 rings (SSSR count). The molecule has 0 bridgehead atoms. The van der Waals surface area contributed by atoms with Crippen LogP contribution in [0.3, 0.4) is 0 Å². The van der Waals surface area contributed by atoms with Crippen LogP contribution >= 0.6 is 0 Å². The van der Waals surface area contributed by atoms with Gasteiger partial charge in [-0.05, 0) is 67.4 Å². The van der Waals surface area contributed by atoms with Crippen LogP contribution < -0.4 is 4.74 Å². The molecule has 2 aromatic rings. The van der Waals surface area contributed by atoms with Crippen molar-refractivity contribution in [1.29, 1.82) is 0 Å². The second-order valence-electron chi connectivity index (χ2n) is 8.51. The van der Waals surface area contributed by atoms with Crippen molar-refractivity contribution in [3.05, 3.63) is 71.8 Å². The topological polar surface area (TPSA) is 52.6 Å². The van der Waals surface area contributed by atoms with E-state index >= 15 is 0 Å². The van der Waals surface area contributed by atoms with Crippen molar-refractivity contribution >= 4 is 18.0 Å². The first-order chi connectivity index (χ1) is 15.6. The predicted molar refractivity (Wildman–Crippen MR) is 127 cm³/mol. The SMILES string of the molecule is CCCCCCC(=O)Oc1ccc(/C=C/C(=O)OC2CCC(c3ccccc3)CC2)cc1. The smallest absolute Gasteiger partial charge is 0.331 e. The predicted octanol–water partition coefficient (Wildman–Crippen LogP) is 6.85. The highest BCUT2D eigenvalue weighted by atomic mass is 16.5. The minimum Gasteiger partial charge on any atom is -0.459 e. The molecule has 0 radical (unpaired) electrons. The van der Waals surface area contributed by atoms with Gasteiger partial charge in [-0.15, -0.1) is 0 Å². The molecule has 0 spiro atoms. The Balaban J connectivity index is 1.38. The van der Waals surface area contributed by atoms with Gasteiger partial charge in [-0.3, -0.25) is 4.79 Å². The Hall–Kier alpha value is -2.88. The van der Waals surface area contributed by atoms with E-state index in [1.165, 1.54) is 11.6 Å². The molecule has 170 valence electrons. The van der Waals surface area contributed by atoms with Crippen LogP contribution in [0.5, 0.6) is 5.75 Å². The maximum Gasteiger partial charge on any atom is 0.331 e. The van der Waals surface area contributed by atoms with E-state index in [0.717, 1.165) is 56.9 Å². The van der Waals surface area contributed by atoms with E-state index in [1.54, 1.807) is 18.2 Å². The number of hydrogen-bond donors (Lipinski definition) is 0. The van der Waals surface area contributed by atoms with Gasteiger partial charge in [0.1, 0.15) is 11.9 Å². The summed E-state index contributed by atoms with van der Waals surface area (Å²) in [6.45, 7) is 2.14. The molecule has 0 aromatic heterocycles. The van der Waals surface area contributed by atoms with Crippen LogP contribution in [0.15, 0.2) is 60.7 Å². The molecule has 1 saturated carbocycles. The summed E-state index contributed by atoms with van der Waals surface area (Å²) in [7, 11) is 0. The van der Waals surface area contributed by atoms with E-state index in [0.29, 0.717) is 18.1 Å². The lowest BCUT2D eigenvalue weighted by Gasteiger charge is -2.28. The van der Waals surface area contributed by atoms with Crippen LogP contribution in [-0.4, -0.2) is 18.0 Å². The van der Waals surface area contributed by atoms with Crippen LogP contribution in [0.2, 0.25) is 0 Å². The third kappa shape index (κ3) is 7.99. The molecule has 4 nitrogen and oxygen atoms in total. The fourth-order valence-corrected chi connectivity index (χ4v) is 4.13. The van der Waals surface area contributed by atoms with Crippen molar-refractivity contribution < 1.29 is 19.1 Å². The van der Waals surface area contributed by atoms with E-state index in [1.807, 2.05) is 18.2 Å². The number of benzene rings is 2. The number of rotatable bonds is 10. The Bertz CT molecular complexity index is 862. The summed E-state index contributed by atoms with van der Waals surface area (Å²) in [5.74, 6) is 0.580. The summed E-state index contributed by atoms with van der Waals surface area (Å²) >= 11 is 0. The standard InChI is InChI=1S/C28H34O4/c1-2-3-4-8-11-27(29)31-25-17-12-22(13-18-25)14-21-28(30)32-26-19-15-24(16-20-26)23-9-6-5-7-10-23/h5-7,9-10,12-14,17-18,21,24,26H,2-4,8,11,15-16,19-20H2,1H3/b21-14+. The first-order valence-corrected chi connectivity index (χ1v) is 11.9. The van der Waals surface area contributed by atoms with E-state index in [4.69, 9.17) is 9.47 Å². The Morgan fingerprint density at radius 3 is 2.31 bits per heavy atom. The van der Waals surface area contributed by atoms with E-state index < -0.39 is 0 Å². The van der Waals surface area contributed by atoms with Gasteiger partial charge in [-0.1, -0.05) is 68.7 Å². The third-order valence-electron chi connectivity index (χ3n) is 5.99. The Morgan fingerprint density at radius 2 is 1.62 bits per heavy atom. The fraction of sp³-hybridized carbons (Fsp3) is 0.429. The second kappa shape index (κ2) is 12.8. The Morgan fingerprint density at radius 1 is 0.906 bits per heavy atom. The summed E-state index contributed by atoms with van der Waals surface area (Å²) in [6, 6.07) is 17.7. The monoisotopic (exact) mass is 434 g/mol. The van der Waals surface area contributed by atoms with Gasteiger partial charge in [0.05, 0.1) is 0 Å². The van der Waals surface area contributed by atoms with Crippen LogP contribution in [0, 0.1) is 0 Å². The number of carbonyl (C=O) groups excluding carboxylic acids is 2. The van der Waals surface area contributed by atoms with Crippen LogP contribution in [0.25, 0.3) is 6.08 Å². The van der Waals surface area contributed by atoms with Crippen molar-refractivity contribution in [3.8, 4) is 5.75 Å². The molecule has 2 aromatic carbocycles. The van der Waals surface area contributed by atoms with E-state index in [-0.39, 0.29) is 18.0 Å². The molecule has 0 aliphatic heterocycles. The average molecular weight is 435 g/mol. The zero-order chi connectivity index (χ0) is 22.6. The lowest BCUT2D eigenvalue weighted by Crippen LogP contribution is -2.23. The van der Waals surface area contributed by atoms with Gasteiger partial charge in [0.2, 0.25) is 0 Å². The lowest BCUT2D eigenvalue weighted by atomic mass is 9.83. The van der Waals surface area contributed by atoms with E-state index in [9.17, 15) is 9.59 Å². The molecule has 0 N–H and O–H groups in total. The summed E-state index contributed by atoms with van der Waals surface area (Å²) in [6.07, 6.45) is 11.7. The molecule has 1 aliphatic rings. The molecule has 0 atom stereocenters. The lowest BCUT2D eigenvalue weighted by molar-refractivity contribution is -0.144. The number of ether oxygens (including phenoxy) is 2. The van der Waals surface area contributed by atoms with Gasteiger partial charge in [-0.25, -0.2) is 4.79 Å². The highest BCUT2D eigenvalue weighted by molar-refractivity contribution is 5.87. The van der Waals surface area contributed by atoms with Crippen molar-refractivity contribution in [1.82, 2.24) is 0 Å². The maximum absolute atomic E-state index is 12.2. The summed E-state index contributed by atoms with van der Waals surface area (Å²) in [5, 5.41) is 0. The van der Waals surface area contributed by atoms with Gasteiger partial charge in [0, 0.05) is 12.5 Å². The van der Waals surface area contributed by atoms with Crippen molar-refractivity contribution in [2.75, 3.05) is 0 Å². The van der Waals surface area contributed by atoms with Gasteiger partial charge >= 0.3 is 11.9 Å².